The number of nitrogens with zero attached hydrogens (tertiary/aromatic N) is 1. The molecular weight excluding hydrogens is 373 g/mol. The van der Waals surface area contributed by atoms with Gasteiger partial charge in [0.2, 0.25) is 0 Å². The number of rotatable bonds is 7. The molecule has 0 aliphatic carbocycles. The zero-order chi connectivity index (χ0) is 17.2. The minimum atomic E-state index is -0.156. The Kier molecular flexibility index (Phi) is 8.25. The summed E-state index contributed by atoms with van der Waals surface area (Å²) in [4.78, 5) is 4.21. The number of hydrogen-bond acceptors (Lipinski definition) is 2. The van der Waals surface area contributed by atoms with Crippen molar-refractivity contribution in [3.8, 4) is 0 Å². The molecule has 0 unspecified atom stereocenters. The van der Waals surface area contributed by atoms with E-state index in [0.29, 0.717) is 6.42 Å². The molecule has 0 bridgehead atoms. The number of ether oxygens (including phenoxy) is 1. The number of hydrogen-bond donors (Lipinski definition) is 2. The van der Waals surface area contributed by atoms with Crippen LogP contribution in [0.5, 0.6) is 0 Å². The fourth-order valence-electron chi connectivity index (χ4n) is 2.56. The molecule has 1 aliphatic rings. The van der Waals surface area contributed by atoms with Crippen molar-refractivity contribution < 1.29 is 9.13 Å². The lowest BCUT2D eigenvalue weighted by Gasteiger charge is -2.15. The van der Waals surface area contributed by atoms with E-state index in [1.54, 1.807) is 7.05 Å². The van der Waals surface area contributed by atoms with E-state index in [-0.39, 0.29) is 5.82 Å². The van der Waals surface area contributed by atoms with Crippen LogP contribution in [0.4, 0.5) is 4.39 Å². The number of halogens is 2. The van der Waals surface area contributed by atoms with Gasteiger partial charge in [-0.05, 0) is 43.4 Å². The molecule has 1 aromatic rings. The molecule has 0 spiro atoms. The van der Waals surface area contributed by atoms with Crippen molar-refractivity contribution in [2.75, 3.05) is 33.4 Å². The minimum absolute atomic E-state index is 0.156. The average molecular weight is 398 g/mol. The third-order valence-corrected chi connectivity index (χ3v) is 4.44. The lowest BCUT2D eigenvalue weighted by Crippen LogP contribution is -2.38. The molecule has 0 aromatic heterocycles. The topological polar surface area (TPSA) is 45.7 Å². The molecule has 1 aliphatic heterocycles. The van der Waals surface area contributed by atoms with Gasteiger partial charge in [-0.2, -0.15) is 0 Å². The Morgan fingerprint density at radius 1 is 1.29 bits per heavy atom. The highest BCUT2D eigenvalue weighted by atomic mass is 79.9. The monoisotopic (exact) mass is 397 g/mol. The van der Waals surface area contributed by atoms with E-state index in [2.05, 4.69) is 37.6 Å². The summed E-state index contributed by atoms with van der Waals surface area (Å²) >= 11 is 3.27. The van der Waals surface area contributed by atoms with Gasteiger partial charge in [0.25, 0.3) is 0 Å². The molecule has 1 aromatic carbocycles. The Morgan fingerprint density at radius 2 is 2.12 bits per heavy atom. The Balaban J connectivity index is 1.63. The zero-order valence-electron chi connectivity index (χ0n) is 14.1. The smallest absolute Gasteiger partial charge is 0.190 e. The minimum Gasteiger partial charge on any atom is -0.377 e. The largest absolute Gasteiger partial charge is 0.377 e. The van der Waals surface area contributed by atoms with E-state index < -0.39 is 0 Å². The van der Waals surface area contributed by atoms with Crippen molar-refractivity contribution in [2.45, 2.75) is 25.7 Å². The second-order valence-corrected chi connectivity index (χ2v) is 6.62. The van der Waals surface area contributed by atoms with Gasteiger partial charge in [-0.3, -0.25) is 4.99 Å². The number of aryl methyl sites for hydroxylation is 1. The van der Waals surface area contributed by atoms with E-state index in [4.69, 9.17) is 4.74 Å². The van der Waals surface area contributed by atoms with Crippen molar-refractivity contribution in [1.82, 2.24) is 10.6 Å². The molecule has 132 valence electrons. The molecular formula is C18H25BrFN3O. The third kappa shape index (κ3) is 6.61. The van der Waals surface area contributed by atoms with Crippen LogP contribution in [0.2, 0.25) is 0 Å². The first-order chi connectivity index (χ1) is 11.7. The van der Waals surface area contributed by atoms with Crippen LogP contribution in [0.15, 0.2) is 39.3 Å². The standard InChI is InChI=1S/C18H25BrFN3O/c1-21-18(23-10-6-14-7-11-24-12-8-14)22-9-2-3-15-4-5-16(19)13-17(15)20/h4-5,7,13H,2-3,6,8-12H2,1H3,(H2,21,22,23). The molecule has 24 heavy (non-hydrogen) atoms. The molecule has 0 radical (unpaired) electrons. The summed E-state index contributed by atoms with van der Waals surface area (Å²) in [6.45, 7) is 3.17. The number of guanidine groups is 1. The summed E-state index contributed by atoms with van der Waals surface area (Å²) < 4.78 is 19.8. The SMILES string of the molecule is CN=C(NCCCc1ccc(Br)cc1F)NCCC1=CCOCC1. The van der Waals surface area contributed by atoms with Crippen LogP contribution in [-0.2, 0) is 11.2 Å². The fourth-order valence-corrected chi connectivity index (χ4v) is 2.90. The molecule has 1 heterocycles. The highest BCUT2D eigenvalue weighted by Crippen LogP contribution is 2.16. The van der Waals surface area contributed by atoms with E-state index in [1.165, 1.54) is 11.6 Å². The van der Waals surface area contributed by atoms with Gasteiger partial charge >= 0.3 is 0 Å². The maximum absolute atomic E-state index is 13.7. The fraction of sp³-hybridized carbons (Fsp3) is 0.500. The van der Waals surface area contributed by atoms with Crippen LogP contribution >= 0.6 is 15.9 Å². The first kappa shape index (κ1) is 18.9. The molecule has 0 amide bonds. The maximum Gasteiger partial charge on any atom is 0.190 e. The number of aliphatic imine (C=N–C) groups is 1. The molecule has 4 nitrogen and oxygen atoms in total. The highest BCUT2D eigenvalue weighted by molar-refractivity contribution is 9.10. The van der Waals surface area contributed by atoms with Crippen molar-refractivity contribution in [3.05, 3.63) is 45.7 Å². The van der Waals surface area contributed by atoms with Gasteiger partial charge in [0, 0.05) is 24.6 Å². The van der Waals surface area contributed by atoms with E-state index in [1.807, 2.05) is 12.1 Å². The quantitative estimate of drug-likeness (QED) is 0.320. The van der Waals surface area contributed by atoms with Gasteiger partial charge in [0.1, 0.15) is 5.82 Å². The second-order valence-electron chi connectivity index (χ2n) is 5.70. The lowest BCUT2D eigenvalue weighted by molar-refractivity contribution is 0.153. The Bertz CT molecular complexity index is 590. The van der Waals surface area contributed by atoms with Gasteiger partial charge in [-0.1, -0.05) is 33.6 Å². The molecule has 6 heteroatoms. The normalized spacial score (nSPS) is 15.1. The number of benzene rings is 1. The molecule has 2 rings (SSSR count). The van der Waals surface area contributed by atoms with Crippen LogP contribution in [0, 0.1) is 5.82 Å². The third-order valence-electron chi connectivity index (χ3n) is 3.95. The Morgan fingerprint density at radius 3 is 2.83 bits per heavy atom. The van der Waals surface area contributed by atoms with E-state index >= 15 is 0 Å². The predicted octanol–water partition coefficient (Wildman–Crippen LogP) is 3.42. The van der Waals surface area contributed by atoms with E-state index in [9.17, 15) is 4.39 Å². The maximum atomic E-state index is 13.7. The molecule has 0 atom stereocenters. The lowest BCUT2D eigenvalue weighted by atomic mass is 10.1. The summed E-state index contributed by atoms with van der Waals surface area (Å²) in [5.74, 6) is 0.635. The molecule has 0 saturated carbocycles. The highest BCUT2D eigenvalue weighted by Gasteiger charge is 2.05. The number of nitrogens with one attached hydrogen (secondary N) is 2. The van der Waals surface area contributed by atoms with Gasteiger partial charge in [0.05, 0.1) is 13.2 Å². The van der Waals surface area contributed by atoms with Crippen LogP contribution in [-0.4, -0.2) is 39.3 Å². The molecule has 2 N–H and O–H groups in total. The predicted molar refractivity (Wildman–Crippen MR) is 99.9 cm³/mol. The summed E-state index contributed by atoms with van der Waals surface area (Å²) in [5, 5.41) is 6.58. The summed E-state index contributed by atoms with van der Waals surface area (Å²) in [6.07, 6.45) is 5.74. The summed E-state index contributed by atoms with van der Waals surface area (Å²) in [5.41, 5.74) is 2.18. The van der Waals surface area contributed by atoms with Crippen LogP contribution in [0.25, 0.3) is 0 Å². The van der Waals surface area contributed by atoms with Gasteiger partial charge < -0.3 is 15.4 Å². The second kappa shape index (κ2) is 10.5. The average Bonchev–Trinajstić information content (AvgIpc) is 2.59. The molecule has 0 fully saturated rings. The van der Waals surface area contributed by atoms with Crippen LogP contribution < -0.4 is 10.6 Å². The van der Waals surface area contributed by atoms with Crippen molar-refractivity contribution in [2.24, 2.45) is 4.99 Å². The zero-order valence-corrected chi connectivity index (χ0v) is 15.7. The first-order valence-electron chi connectivity index (χ1n) is 8.33. The first-order valence-corrected chi connectivity index (χ1v) is 9.12. The van der Waals surface area contributed by atoms with Gasteiger partial charge in [-0.25, -0.2) is 4.39 Å². The van der Waals surface area contributed by atoms with Crippen molar-refractivity contribution >= 4 is 21.9 Å². The van der Waals surface area contributed by atoms with Crippen LogP contribution in [0.3, 0.4) is 0 Å². The molecule has 0 saturated heterocycles. The summed E-state index contributed by atoms with van der Waals surface area (Å²) in [7, 11) is 1.76. The van der Waals surface area contributed by atoms with Gasteiger partial charge in [0.15, 0.2) is 5.96 Å². The van der Waals surface area contributed by atoms with Crippen molar-refractivity contribution in [3.63, 3.8) is 0 Å². The van der Waals surface area contributed by atoms with E-state index in [0.717, 1.165) is 61.6 Å². The van der Waals surface area contributed by atoms with Crippen LogP contribution in [0.1, 0.15) is 24.8 Å². The Hall–Kier alpha value is -1.40. The Labute approximate surface area is 151 Å². The van der Waals surface area contributed by atoms with Crippen molar-refractivity contribution in [1.29, 1.82) is 0 Å². The summed E-state index contributed by atoms with van der Waals surface area (Å²) in [6, 6.07) is 5.21. The van der Waals surface area contributed by atoms with Gasteiger partial charge in [-0.15, -0.1) is 0 Å².